The smallest absolute Gasteiger partial charge is 0.0344 e. The van der Waals surface area contributed by atoms with Crippen molar-refractivity contribution in [1.29, 1.82) is 0 Å². The molecule has 0 aliphatic carbocycles. The summed E-state index contributed by atoms with van der Waals surface area (Å²) in [5.74, 6) is 0. The van der Waals surface area contributed by atoms with Crippen molar-refractivity contribution in [2.24, 2.45) is 0 Å². The maximum absolute atomic E-state index is 3.58. The second-order valence-electron chi connectivity index (χ2n) is 2.07. The summed E-state index contributed by atoms with van der Waals surface area (Å²) in [5, 5.41) is 2.76. The normalized spacial score (nSPS) is 17.0. The maximum atomic E-state index is 3.58. The van der Waals surface area contributed by atoms with Gasteiger partial charge in [0.1, 0.15) is 0 Å². The first-order chi connectivity index (χ1) is 4.88. The Kier molecular flexibility index (Phi) is 1.71. The van der Waals surface area contributed by atoms with Gasteiger partial charge in [-0.3, -0.25) is 0 Å². The standard InChI is InChI=1S/C7H5P3/c8-7-5-3-1-2-4-6(5)9-10-7/h1-4,8H. The van der Waals surface area contributed by atoms with Crippen molar-refractivity contribution in [3.05, 3.63) is 29.8 Å². The highest BCUT2D eigenvalue weighted by molar-refractivity contribution is 8.01. The fourth-order valence-electron chi connectivity index (χ4n) is 0.919. The molecule has 3 heteroatoms. The predicted octanol–water partition coefficient (Wildman–Crippen LogP) is 2.75. The van der Waals surface area contributed by atoms with Crippen molar-refractivity contribution in [1.82, 2.24) is 0 Å². The molecule has 0 atom stereocenters. The van der Waals surface area contributed by atoms with Crippen LogP contribution in [0.5, 0.6) is 0 Å². The van der Waals surface area contributed by atoms with E-state index < -0.39 is 0 Å². The van der Waals surface area contributed by atoms with Crippen molar-refractivity contribution < 1.29 is 0 Å². The fourth-order valence-corrected chi connectivity index (χ4v) is 4.21. The zero-order valence-corrected chi connectivity index (χ0v) is 7.99. The Morgan fingerprint density at radius 2 is 1.90 bits per heavy atom. The monoisotopic (exact) mass is 182 g/mol. The van der Waals surface area contributed by atoms with Gasteiger partial charge in [0.25, 0.3) is 0 Å². The highest BCUT2D eigenvalue weighted by atomic mass is 31.7. The molecule has 0 spiro atoms. The summed E-state index contributed by atoms with van der Waals surface area (Å²) in [7, 11) is 6.36. The molecule has 0 bridgehead atoms. The Morgan fingerprint density at radius 3 is 2.70 bits per heavy atom. The van der Waals surface area contributed by atoms with Crippen LogP contribution in [-0.2, 0) is 0 Å². The lowest BCUT2D eigenvalue weighted by molar-refractivity contribution is 1.75. The van der Waals surface area contributed by atoms with E-state index in [2.05, 4.69) is 33.1 Å². The summed E-state index contributed by atoms with van der Waals surface area (Å²) in [6.07, 6.45) is 0. The zero-order valence-electron chi connectivity index (χ0n) is 5.20. The molecular formula is C7H5P3. The first kappa shape index (κ1) is 6.68. The van der Waals surface area contributed by atoms with Crippen molar-refractivity contribution in [3.63, 3.8) is 0 Å². The van der Waals surface area contributed by atoms with E-state index in [0.717, 1.165) is 0 Å². The summed E-state index contributed by atoms with van der Waals surface area (Å²) < 4.78 is 0. The molecule has 1 aliphatic heterocycles. The van der Waals surface area contributed by atoms with Gasteiger partial charge in [0.15, 0.2) is 0 Å². The molecule has 1 heterocycles. The van der Waals surface area contributed by atoms with Crippen LogP contribution in [0.25, 0.3) is 0 Å². The van der Waals surface area contributed by atoms with E-state index in [1.807, 2.05) is 0 Å². The maximum Gasteiger partial charge on any atom is 0.0344 e. The van der Waals surface area contributed by atoms with Crippen LogP contribution in [0.15, 0.2) is 24.3 Å². The average Bonchev–Trinajstić information content (AvgIpc) is 2.34. The molecule has 10 heavy (non-hydrogen) atoms. The molecule has 1 aromatic carbocycles. The predicted molar refractivity (Wildman–Crippen MR) is 52.3 cm³/mol. The highest BCUT2D eigenvalue weighted by Gasteiger charge is 2.07. The fraction of sp³-hybridized carbons (Fsp3) is 0. The second kappa shape index (κ2) is 2.55. The number of hydrogen-bond donors (Lipinski definition) is 0. The van der Waals surface area contributed by atoms with E-state index in [-0.39, 0.29) is 0 Å². The quantitative estimate of drug-likeness (QED) is 0.541. The minimum atomic E-state index is 1.32. The lowest BCUT2D eigenvalue weighted by atomic mass is 10.2. The van der Waals surface area contributed by atoms with Crippen LogP contribution < -0.4 is 5.30 Å². The van der Waals surface area contributed by atoms with E-state index in [9.17, 15) is 0 Å². The third-order valence-electron chi connectivity index (χ3n) is 1.42. The van der Waals surface area contributed by atoms with Crippen LogP contribution in [0.4, 0.5) is 0 Å². The molecule has 1 aliphatic rings. The molecule has 0 nitrogen and oxygen atoms in total. The van der Waals surface area contributed by atoms with Crippen LogP contribution in [-0.4, -0.2) is 5.03 Å². The summed E-state index contributed by atoms with van der Waals surface area (Å²) in [6, 6.07) is 8.50. The van der Waals surface area contributed by atoms with Gasteiger partial charge in [-0.05, 0) is 21.8 Å². The third kappa shape index (κ3) is 0.977. The van der Waals surface area contributed by atoms with Gasteiger partial charge in [-0.25, -0.2) is 0 Å². The SMILES string of the molecule is P=C1P=Pc2ccccc21. The number of fused-ring (bicyclic) bond motifs is 1. The van der Waals surface area contributed by atoms with E-state index in [0.29, 0.717) is 0 Å². The van der Waals surface area contributed by atoms with Gasteiger partial charge in [0.2, 0.25) is 0 Å². The third-order valence-corrected chi connectivity index (χ3v) is 5.28. The van der Waals surface area contributed by atoms with Crippen LogP contribution >= 0.6 is 24.6 Å². The van der Waals surface area contributed by atoms with E-state index >= 15 is 0 Å². The van der Waals surface area contributed by atoms with Crippen molar-refractivity contribution >= 4 is 34.9 Å². The lowest BCUT2D eigenvalue weighted by Crippen LogP contribution is -1.98. The highest BCUT2D eigenvalue weighted by Crippen LogP contribution is 2.30. The summed E-state index contributed by atoms with van der Waals surface area (Å²) in [5.41, 5.74) is 1.38. The van der Waals surface area contributed by atoms with Gasteiger partial charge >= 0.3 is 0 Å². The summed E-state index contributed by atoms with van der Waals surface area (Å²) in [6.45, 7) is 0. The van der Waals surface area contributed by atoms with Gasteiger partial charge in [-0.1, -0.05) is 18.2 Å². The van der Waals surface area contributed by atoms with Crippen molar-refractivity contribution in [2.45, 2.75) is 0 Å². The molecule has 2 rings (SSSR count). The molecule has 48 valence electrons. The van der Waals surface area contributed by atoms with Crippen LogP contribution in [0.3, 0.4) is 0 Å². The minimum Gasteiger partial charge on any atom is -0.108 e. The molecule has 0 saturated carbocycles. The van der Waals surface area contributed by atoms with Gasteiger partial charge in [0, 0.05) is 15.9 Å². The Labute approximate surface area is 65.3 Å². The molecule has 0 aromatic heterocycles. The molecular weight excluding hydrogens is 177 g/mol. The Balaban J connectivity index is 2.70. The Hall–Kier alpha value is -0.0100. The van der Waals surface area contributed by atoms with Crippen molar-refractivity contribution in [3.8, 4) is 0 Å². The topological polar surface area (TPSA) is 0 Å². The van der Waals surface area contributed by atoms with E-state index in [1.165, 1.54) is 31.6 Å². The number of benzene rings is 1. The minimum absolute atomic E-state index is 1.32. The zero-order chi connectivity index (χ0) is 6.97. The molecule has 0 saturated heterocycles. The lowest BCUT2D eigenvalue weighted by Gasteiger charge is -1.93. The number of rotatable bonds is 0. The van der Waals surface area contributed by atoms with Crippen LogP contribution in [0, 0.1) is 0 Å². The van der Waals surface area contributed by atoms with Gasteiger partial charge in [-0.2, -0.15) is 0 Å². The molecule has 0 unspecified atom stereocenters. The Bertz CT molecular complexity index is 314. The van der Waals surface area contributed by atoms with Gasteiger partial charge < -0.3 is 0 Å². The number of hydrogen-bond acceptors (Lipinski definition) is 0. The Morgan fingerprint density at radius 1 is 1.10 bits per heavy atom. The average molecular weight is 182 g/mol. The van der Waals surface area contributed by atoms with E-state index in [4.69, 9.17) is 0 Å². The van der Waals surface area contributed by atoms with Crippen LogP contribution in [0.2, 0.25) is 0 Å². The van der Waals surface area contributed by atoms with Gasteiger partial charge in [-0.15, -0.1) is 8.86 Å². The molecule has 1 aromatic rings. The first-order valence-electron chi connectivity index (χ1n) is 2.97. The molecule has 0 N–H and O–H groups in total. The molecule has 0 amide bonds. The molecule has 0 radical (unpaired) electrons. The van der Waals surface area contributed by atoms with Crippen LogP contribution in [0.1, 0.15) is 5.56 Å². The largest absolute Gasteiger partial charge is 0.108 e. The van der Waals surface area contributed by atoms with E-state index in [1.54, 1.807) is 0 Å². The van der Waals surface area contributed by atoms with Crippen molar-refractivity contribution in [2.75, 3.05) is 0 Å². The first-order valence-corrected chi connectivity index (χ1v) is 5.97. The summed E-state index contributed by atoms with van der Waals surface area (Å²) in [4.78, 5) is 0. The summed E-state index contributed by atoms with van der Waals surface area (Å²) >= 11 is 0. The second-order valence-corrected chi connectivity index (χ2v) is 5.52. The van der Waals surface area contributed by atoms with Gasteiger partial charge in [0.05, 0.1) is 0 Å². The molecule has 0 fully saturated rings.